The highest BCUT2D eigenvalue weighted by Gasteiger charge is 2.37. The Labute approximate surface area is 193 Å². The number of rotatable bonds is 7. The molecule has 33 heavy (non-hydrogen) atoms. The average Bonchev–Trinajstić information content (AvgIpc) is 3.14. The van der Waals surface area contributed by atoms with Crippen molar-refractivity contribution in [3.8, 4) is 0 Å². The van der Waals surface area contributed by atoms with Crippen LogP contribution in [0.25, 0.3) is 0 Å². The lowest BCUT2D eigenvalue weighted by Gasteiger charge is -2.35. The third kappa shape index (κ3) is 5.69. The third-order valence-corrected chi connectivity index (χ3v) is 7.05. The number of carbonyl (C=O) groups is 1. The number of nitrogens with zero attached hydrogens (tertiary/aromatic N) is 3. The molecule has 0 aliphatic carbocycles. The van der Waals surface area contributed by atoms with Crippen molar-refractivity contribution < 1.29 is 18.1 Å². The van der Waals surface area contributed by atoms with Crippen LogP contribution in [-0.4, -0.2) is 61.0 Å². The number of carbonyl (C=O) groups excluding carboxylic acids is 1. The topological polar surface area (TPSA) is 113 Å². The molecule has 0 bridgehead atoms. The Morgan fingerprint density at radius 1 is 1.00 bits per heavy atom. The number of hydrogen-bond donors (Lipinski definition) is 1. The van der Waals surface area contributed by atoms with Crippen LogP contribution in [0.3, 0.4) is 0 Å². The smallest absolute Gasteiger partial charge is 0.269 e. The van der Waals surface area contributed by atoms with Gasteiger partial charge in [-0.15, -0.1) is 0 Å². The monoisotopic (exact) mass is 472 g/mol. The summed E-state index contributed by atoms with van der Waals surface area (Å²) in [5.74, 6) is 0.518. The first kappa shape index (κ1) is 23.2. The summed E-state index contributed by atoms with van der Waals surface area (Å²) in [5.41, 5.74) is 2.69. The molecule has 176 valence electrons. The number of nitro benzene ring substituents is 1. The fraction of sp³-hybridized carbons (Fsp3) is 0.435. The van der Waals surface area contributed by atoms with Crippen molar-refractivity contribution in [3.63, 3.8) is 0 Å². The molecule has 10 heteroatoms. The minimum atomic E-state index is -3.29. The molecule has 2 fully saturated rings. The van der Waals surface area contributed by atoms with Gasteiger partial charge in [0.25, 0.3) is 5.69 Å². The Morgan fingerprint density at radius 3 is 2.21 bits per heavy atom. The van der Waals surface area contributed by atoms with Gasteiger partial charge in [-0.25, -0.2) is 8.42 Å². The van der Waals surface area contributed by atoms with E-state index >= 15 is 0 Å². The molecule has 0 aromatic heterocycles. The van der Waals surface area contributed by atoms with Crippen molar-refractivity contribution in [1.82, 2.24) is 9.80 Å². The van der Waals surface area contributed by atoms with Gasteiger partial charge in [-0.2, -0.15) is 0 Å². The summed E-state index contributed by atoms with van der Waals surface area (Å²) in [6, 6.07) is 13.8. The van der Waals surface area contributed by atoms with Gasteiger partial charge in [-0.1, -0.05) is 24.3 Å². The first-order chi connectivity index (χ1) is 15.7. The lowest BCUT2D eigenvalue weighted by atomic mass is 9.88. The van der Waals surface area contributed by atoms with Gasteiger partial charge >= 0.3 is 0 Å². The van der Waals surface area contributed by atoms with Crippen molar-refractivity contribution in [2.45, 2.75) is 37.8 Å². The molecule has 2 aromatic carbocycles. The lowest BCUT2D eigenvalue weighted by molar-refractivity contribution is -0.384. The quantitative estimate of drug-likeness (QED) is 0.490. The number of hydrogen-bond acceptors (Lipinski definition) is 6. The Hall–Kier alpha value is -2.98. The van der Waals surface area contributed by atoms with Crippen LogP contribution in [0.1, 0.15) is 36.3 Å². The summed E-state index contributed by atoms with van der Waals surface area (Å²) in [5, 5.41) is 10.8. The molecule has 2 aliphatic heterocycles. The van der Waals surface area contributed by atoms with Gasteiger partial charge in [0.15, 0.2) is 0 Å². The molecule has 9 nitrogen and oxygen atoms in total. The zero-order valence-electron chi connectivity index (χ0n) is 18.5. The Bertz CT molecular complexity index is 1110. The van der Waals surface area contributed by atoms with Crippen LogP contribution in [-0.2, 0) is 21.4 Å². The number of non-ortho nitro benzene ring substituents is 1. The standard InChI is InChI=1S/C23H28N4O5S/c1-33(31,32)24-20-6-4-18(5-7-20)19-10-13-25(14-11-19)22-12-15-26(23(22)28)16-17-2-8-21(9-3-17)27(29)30/h2-9,19,22,24H,10-16H2,1H3/t22-/m1/s1. The van der Waals surface area contributed by atoms with Crippen molar-refractivity contribution >= 4 is 27.3 Å². The average molecular weight is 473 g/mol. The third-order valence-electron chi connectivity index (χ3n) is 6.45. The second kappa shape index (κ2) is 9.48. The molecule has 2 heterocycles. The summed E-state index contributed by atoms with van der Waals surface area (Å²) in [6.45, 7) is 2.85. The van der Waals surface area contributed by atoms with Crippen molar-refractivity contribution in [2.24, 2.45) is 0 Å². The normalized spacial score (nSPS) is 20.2. The predicted molar refractivity (Wildman–Crippen MR) is 125 cm³/mol. The van der Waals surface area contributed by atoms with E-state index in [1.54, 1.807) is 24.3 Å². The second-order valence-electron chi connectivity index (χ2n) is 8.79. The Kier molecular flexibility index (Phi) is 6.66. The first-order valence-electron chi connectivity index (χ1n) is 11.0. The number of likely N-dealkylation sites (tertiary alicyclic amines) is 2. The van der Waals surface area contributed by atoms with Gasteiger partial charge < -0.3 is 4.90 Å². The zero-order valence-corrected chi connectivity index (χ0v) is 19.3. The highest BCUT2D eigenvalue weighted by Crippen LogP contribution is 2.32. The molecular formula is C23H28N4O5S. The molecule has 2 aliphatic rings. The summed E-state index contributed by atoms with van der Waals surface area (Å²) in [7, 11) is -3.29. The van der Waals surface area contributed by atoms with E-state index in [2.05, 4.69) is 9.62 Å². The zero-order chi connectivity index (χ0) is 23.6. The summed E-state index contributed by atoms with van der Waals surface area (Å²) in [6.07, 6.45) is 3.83. The fourth-order valence-corrected chi connectivity index (χ4v) is 5.31. The summed E-state index contributed by atoms with van der Waals surface area (Å²) in [4.78, 5) is 27.5. The number of nitro groups is 1. The van der Waals surface area contributed by atoms with Crippen LogP contribution < -0.4 is 4.72 Å². The molecule has 1 N–H and O–H groups in total. The van der Waals surface area contributed by atoms with E-state index < -0.39 is 14.9 Å². The molecule has 1 atom stereocenters. The van der Waals surface area contributed by atoms with E-state index in [1.807, 2.05) is 17.0 Å². The second-order valence-corrected chi connectivity index (χ2v) is 10.5. The Balaban J connectivity index is 1.30. The largest absolute Gasteiger partial charge is 0.337 e. The number of amides is 1. The van der Waals surface area contributed by atoms with E-state index in [4.69, 9.17) is 0 Å². The van der Waals surface area contributed by atoms with E-state index in [0.717, 1.165) is 44.2 Å². The van der Waals surface area contributed by atoms with Crippen LogP contribution in [0.5, 0.6) is 0 Å². The van der Waals surface area contributed by atoms with Crippen LogP contribution in [0.4, 0.5) is 11.4 Å². The van der Waals surface area contributed by atoms with Crippen molar-refractivity contribution in [1.29, 1.82) is 0 Å². The molecule has 4 rings (SSSR count). The maximum Gasteiger partial charge on any atom is 0.269 e. The van der Waals surface area contributed by atoms with E-state index in [9.17, 15) is 23.3 Å². The van der Waals surface area contributed by atoms with Gasteiger partial charge in [0.2, 0.25) is 15.9 Å². The number of anilines is 1. The summed E-state index contributed by atoms with van der Waals surface area (Å²) >= 11 is 0. The molecule has 2 aromatic rings. The van der Waals surface area contributed by atoms with Crippen LogP contribution in [0.2, 0.25) is 0 Å². The molecule has 0 saturated carbocycles. The minimum absolute atomic E-state index is 0.0496. The number of sulfonamides is 1. The first-order valence-corrected chi connectivity index (χ1v) is 12.9. The molecular weight excluding hydrogens is 444 g/mol. The number of nitrogens with one attached hydrogen (secondary N) is 1. The molecule has 0 unspecified atom stereocenters. The highest BCUT2D eigenvalue weighted by atomic mass is 32.2. The van der Waals surface area contributed by atoms with Gasteiger partial charge in [-0.3, -0.25) is 24.5 Å². The van der Waals surface area contributed by atoms with Gasteiger partial charge in [0.1, 0.15) is 0 Å². The van der Waals surface area contributed by atoms with Gasteiger partial charge in [-0.05, 0) is 61.5 Å². The van der Waals surface area contributed by atoms with Crippen LogP contribution in [0, 0.1) is 10.1 Å². The van der Waals surface area contributed by atoms with Crippen LogP contribution >= 0.6 is 0 Å². The predicted octanol–water partition coefficient (Wildman–Crippen LogP) is 2.95. The fourth-order valence-electron chi connectivity index (χ4n) is 4.74. The van der Waals surface area contributed by atoms with E-state index in [0.29, 0.717) is 24.7 Å². The maximum absolute atomic E-state index is 13.0. The maximum atomic E-state index is 13.0. The molecule has 1 amide bonds. The SMILES string of the molecule is CS(=O)(=O)Nc1ccc(C2CCN([C@@H]3CCN(Cc4ccc([N+](=O)[O-])cc4)C3=O)CC2)cc1. The lowest BCUT2D eigenvalue weighted by Crippen LogP contribution is -2.45. The van der Waals surface area contributed by atoms with Crippen molar-refractivity contribution in [2.75, 3.05) is 30.6 Å². The van der Waals surface area contributed by atoms with E-state index in [-0.39, 0.29) is 17.6 Å². The summed E-state index contributed by atoms with van der Waals surface area (Å²) < 4.78 is 25.2. The molecule has 0 radical (unpaired) electrons. The number of piperidine rings is 1. The molecule has 2 saturated heterocycles. The molecule has 0 spiro atoms. The van der Waals surface area contributed by atoms with Gasteiger partial charge in [0, 0.05) is 30.9 Å². The minimum Gasteiger partial charge on any atom is -0.337 e. The number of benzene rings is 2. The van der Waals surface area contributed by atoms with Crippen LogP contribution in [0.15, 0.2) is 48.5 Å². The van der Waals surface area contributed by atoms with Gasteiger partial charge in [0.05, 0.1) is 17.2 Å². The van der Waals surface area contributed by atoms with Crippen molar-refractivity contribution in [3.05, 3.63) is 69.8 Å². The van der Waals surface area contributed by atoms with E-state index in [1.165, 1.54) is 17.7 Å². The Morgan fingerprint density at radius 2 is 1.64 bits per heavy atom. The highest BCUT2D eigenvalue weighted by molar-refractivity contribution is 7.92.